The van der Waals surface area contributed by atoms with Crippen molar-refractivity contribution >= 4 is 0 Å². The van der Waals surface area contributed by atoms with Gasteiger partial charge in [-0.1, -0.05) is 20.3 Å². The van der Waals surface area contributed by atoms with Crippen molar-refractivity contribution < 1.29 is 5.11 Å². The molecule has 1 N–H and O–H groups in total. The average molecular weight is 180 g/mol. The monoisotopic (exact) mass is 180 g/mol. The Balaban J connectivity index is 2.12. The molecule has 4 bridgehead atoms. The van der Waals surface area contributed by atoms with E-state index in [1.54, 1.807) is 0 Å². The zero-order valence-electron chi connectivity index (χ0n) is 8.71. The van der Waals surface area contributed by atoms with Gasteiger partial charge in [0.25, 0.3) is 0 Å². The molecule has 0 spiro atoms. The lowest BCUT2D eigenvalue weighted by atomic mass is 9.65. The van der Waals surface area contributed by atoms with Gasteiger partial charge in [0.15, 0.2) is 0 Å². The number of rotatable bonds is 0. The first-order valence-electron chi connectivity index (χ1n) is 5.78. The molecule has 13 heavy (non-hydrogen) atoms. The zero-order chi connectivity index (χ0) is 9.27. The number of aliphatic hydroxyl groups is 1. The molecule has 0 amide bonds. The van der Waals surface area contributed by atoms with Gasteiger partial charge in [0.05, 0.1) is 6.10 Å². The molecule has 0 heterocycles. The van der Waals surface area contributed by atoms with E-state index < -0.39 is 0 Å². The van der Waals surface area contributed by atoms with Gasteiger partial charge in [-0.15, -0.1) is 0 Å². The summed E-state index contributed by atoms with van der Waals surface area (Å²) in [4.78, 5) is 0. The van der Waals surface area contributed by atoms with Crippen molar-refractivity contribution in [2.45, 2.75) is 52.1 Å². The molecule has 3 rings (SSSR count). The molecule has 0 saturated heterocycles. The Morgan fingerprint density at radius 2 is 1.85 bits per heavy atom. The molecule has 0 aromatic carbocycles. The highest BCUT2D eigenvalue weighted by molar-refractivity contribution is 5.17. The van der Waals surface area contributed by atoms with Crippen LogP contribution in [0.4, 0.5) is 0 Å². The molecule has 0 unspecified atom stereocenters. The van der Waals surface area contributed by atoms with Crippen LogP contribution in [0.2, 0.25) is 0 Å². The number of hydrogen-bond acceptors (Lipinski definition) is 1. The highest BCUT2D eigenvalue weighted by atomic mass is 16.3. The molecule has 3 saturated carbocycles. The van der Waals surface area contributed by atoms with Crippen LogP contribution in [0.1, 0.15) is 46.0 Å². The molecule has 0 aromatic rings. The molecule has 3 aliphatic rings. The summed E-state index contributed by atoms with van der Waals surface area (Å²) < 4.78 is 0. The van der Waals surface area contributed by atoms with Crippen molar-refractivity contribution in [3.05, 3.63) is 0 Å². The maximum atomic E-state index is 10.3. The van der Waals surface area contributed by atoms with Gasteiger partial charge < -0.3 is 5.11 Å². The second-order valence-corrected chi connectivity index (χ2v) is 5.98. The van der Waals surface area contributed by atoms with Gasteiger partial charge in [0.2, 0.25) is 0 Å². The molecule has 74 valence electrons. The zero-order valence-corrected chi connectivity index (χ0v) is 8.71. The van der Waals surface area contributed by atoms with E-state index >= 15 is 0 Å². The average Bonchev–Trinajstić information content (AvgIpc) is 2.41. The normalized spacial score (nSPS) is 64.4. The summed E-state index contributed by atoms with van der Waals surface area (Å²) in [5.41, 5.74) is 0.744. The summed E-state index contributed by atoms with van der Waals surface area (Å²) in [5.74, 6) is 1.50. The minimum absolute atomic E-state index is 0.0127. The van der Waals surface area contributed by atoms with Crippen LogP contribution in [0.3, 0.4) is 0 Å². The molecule has 0 aliphatic heterocycles. The van der Waals surface area contributed by atoms with E-state index in [0.717, 1.165) is 5.92 Å². The van der Waals surface area contributed by atoms with E-state index in [-0.39, 0.29) is 11.5 Å². The summed E-state index contributed by atoms with van der Waals surface area (Å²) in [7, 11) is 0. The minimum Gasteiger partial charge on any atom is -0.392 e. The van der Waals surface area contributed by atoms with E-state index in [9.17, 15) is 5.11 Å². The Kier molecular flexibility index (Phi) is 1.36. The van der Waals surface area contributed by atoms with Gasteiger partial charge in [0.1, 0.15) is 0 Å². The molecule has 0 radical (unpaired) electrons. The number of aliphatic hydroxyl groups excluding tert-OH is 1. The molecule has 3 aliphatic carbocycles. The third kappa shape index (κ3) is 0.674. The molecule has 1 nitrogen and oxygen atoms in total. The van der Waals surface area contributed by atoms with E-state index in [0.29, 0.717) is 11.3 Å². The maximum Gasteiger partial charge on any atom is 0.0630 e. The summed E-state index contributed by atoms with van der Waals surface area (Å²) in [6, 6.07) is 0. The van der Waals surface area contributed by atoms with Crippen molar-refractivity contribution in [2.75, 3.05) is 0 Å². The van der Waals surface area contributed by atoms with Crippen LogP contribution in [0.25, 0.3) is 0 Å². The largest absolute Gasteiger partial charge is 0.392 e. The standard InChI is InChI=1S/C12H20O/c1-11-6-3-4-8-9(11)5-7-12(11,2)10(8)13/h8-10,13H,3-7H2,1-2H3/t8-,9-,10+,11+,12+/m0/s1. The first kappa shape index (κ1) is 8.28. The quantitative estimate of drug-likeness (QED) is 0.607. The lowest BCUT2D eigenvalue weighted by Gasteiger charge is -2.39. The van der Waals surface area contributed by atoms with Crippen LogP contribution in [0.15, 0.2) is 0 Å². The van der Waals surface area contributed by atoms with Gasteiger partial charge in [-0.25, -0.2) is 0 Å². The smallest absolute Gasteiger partial charge is 0.0630 e. The highest BCUT2D eigenvalue weighted by Gasteiger charge is 2.68. The summed E-state index contributed by atoms with van der Waals surface area (Å²) in [5, 5.41) is 10.3. The van der Waals surface area contributed by atoms with Crippen molar-refractivity contribution in [2.24, 2.45) is 22.7 Å². The lowest BCUT2D eigenvalue weighted by molar-refractivity contribution is -0.00631. The molecule has 3 fully saturated rings. The van der Waals surface area contributed by atoms with E-state index in [4.69, 9.17) is 0 Å². The van der Waals surface area contributed by atoms with Gasteiger partial charge in [-0.3, -0.25) is 0 Å². The predicted octanol–water partition coefficient (Wildman–Crippen LogP) is 2.58. The molecule has 5 atom stereocenters. The SMILES string of the molecule is C[C@]12CC[C@H]3[C@H](CCC[C@]31C)[C@H]2O. The second-order valence-electron chi connectivity index (χ2n) is 5.98. The van der Waals surface area contributed by atoms with Gasteiger partial charge in [0, 0.05) is 0 Å². The summed E-state index contributed by atoms with van der Waals surface area (Å²) in [6.45, 7) is 4.77. The van der Waals surface area contributed by atoms with Crippen molar-refractivity contribution in [3.8, 4) is 0 Å². The first-order chi connectivity index (χ1) is 6.09. The van der Waals surface area contributed by atoms with Gasteiger partial charge in [-0.2, -0.15) is 0 Å². The van der Waals surface area contributed by atoms with E-state index in [1.807, 2.05) is 0 Å². The Hall–Kier alpha value is -0.0400. The lowest BCUT2D eigenvalue weighted by Crippen LogP contribution is -2.37. The van der Waals surface area contributed by atoms with Crippen LogP contribution in [0.5, 0.6) is 0 Å². The van der Waals surface area contributed by atoms with Gasteiger partial charge >= 0.3 is 0 Å². The second kappa shape index (κ2) is 2.13. The molecule has 0 aromatic heterocycles. The van der Waals surface area contributed by atoms with Crippen molar-refractivity contribution in [1.82, 2.24) is 0 Å². The predicted molar refractivity (Wildman–Crippen MR) is 52.3 cm³/mol. The van der Waals surface area contributed by atoms with E-state index in [1.165, 1.54) is 32.1 Å². The fourth-order valence-corrected chi connectivity index (χ4v) is 4.88. The van der Waals surface area contributed by atoms with Crippen molar-refractivity contribution in [3.63, 3.8) is 0 Å². The van der Waals surface area contributed by atoms with Gasteiger partial charge in [-0.05, 0) is 48.3 Å². The molecular formula is C12H20O. The molecular weight excluding hydrogens is 160 g/mol. The Morgan fingerprint density at radius 1 is 1.08 bits per heavy atom. The Morgan fingerprint density at radius 3 is 2.46 bits per heavy atom. The van der Waals surface area contributed by atoms with Crippen molar-refractivity contribution in [1.29, 1.82) is 0 Å². The summed E-state index contributed by atoms with van der Waals surface area (Å²) in [6.07, 6.45) is 6.67. The topological polar surface area (TPSA) is 20.2 Å². The third-order valence-corrected chi connectivity index (χ3v) is 5.91. The fraction of sp³-hybridized carbons (Fsp3) is 1.00. The van der Waals surface area contributed by atoms with Crippen LogP contribution in [0, 0.1) is 22.7 Å². The number of hydrogen-bond donors (Lipinski definition) is 1. The maximum absolute atomic E-state index is 10.3. The first-order valence-corrected chi connectivity index (χ1v) is 5.78. The van der Waals surface area contributed by atoms with Crippen LogP contribution >= 0.6 is 0 Å². The summed E-state index contributed by atoms with van der Waals surface area (Å²) >= 11 is 0. The van der Waals surface area contributed by atoms with Crippen LogP contribution in [-0.2, 0) is 0 Å². The fourth-order valence-electron chi connectivity index (χ4n) is 4.88. The van der Waals surface area contributed by atoms with Crippen LogP contribution in [-0.4, -0.2) is 11.2 Å². The molecule has 1 heteroatoms. The van der Waals surface area contributed by atoms with Crippen LogP contribution < -0.4 is 0 Å². The Bertz CT molecular complexity index is 248. The minimum atomic E-state index is 0.0127. The highest BCUT2D eigenvalue weighted by Crippen LogP contribution is 2.72. The Labute approximate surface area is 80.5 Å². The third-order valence-electron chi connectivity index (χ3n) is 5.91. The van der Waals surface area contributed by atoms with E-state index in [2.05, 4.69) is 13.8 Å².